The lowest BCUT2D eigenvalue weighted by molar-refractivity contribution is -0.114. The average Bonchev–Trinajstić information content (AvgIpc) is 3.34. The number of hydrogen-bond acceptors (Lipinski definition) is 6. The number of ketones is 1. The van der Waals surface area contributed by atoms with Gasteiger partial charge in [0.1, 0.15) is 16.5 Å². The fourth-order valence-electron chi connectivity index (χ4n) is 3.19. The standard InChI is InChI=1S/C21H17N3O2S/c1-13(25)12-27-21-11-20(22-23-21)18-8-17(9-19(10-18)24-26)16-6-5-14-3-2-4-15(14)7-16/h2-3,5-10H,4,11-12H2,1H3. The number of hydrogen-bond donors (Lipinski definition) is 0. The molecular weight excluding hydrogens is 358 g/mol. The monoisotopic (exact) mass is 375 g/mol. The summed E-state index contributed by atoms with van der Waals surface area (Å²) in [6, 6.07) is 11.9. The number of benzene rings is 2. The molecule has 0 saturated heterocycles. The second kappa shape index (κ2) is 7.40. The first kappa shape index (κ1) is 17.5. The summed E-state index contributed by atoms with van der Waals surface area (Å²) < 4.78 is 0. The molecule has 0 aromatic heterocycles. The van der Waals surface area contributed by atoms with Gasteiger partial charge in [0.15, 0.2) is 0 Å². The van der Waals surface area contributed by atoms with Crippen molar-refractivity contribution in [2.45, 2.75) is 19.8 Å². The molecule has 1 aliphatic heterocycles. The maximum absolute atomic E-state index is 11.2. The number of thioether (sulfide) groups is 1. The van der Waals surface area contributed by atoms with Gasteiger partial charge in [0, 0.05) is 12.0 Å². The first-order valence-electron chi connectivity index (χ1n) is 8.66. The lowest BCUT2D eigenvalue weighted by atomic mass is 9.96. The smallest absolute Gasteiger partial charge is 0.140 e. The molecule has 2 aromatic carbocycles. The molecule has 5 nitrogen and oxygen atoms in total. The topological polar surface area (TPSA) is 71.2 Å². The lowest BCUT2D eigenvalue weighted by Crippen LogP contribution is -2.04. The van der Waals surface area contributed by atoms with Crippen LogP contribution in [0.15, 0.2) is 57.9 Å². The third-order valence-electron chi connectivity index (χ3n) is 4.51. The zero-order valence-electron chi connectivity index (χ0n) is 14.8. The van der Waals surface area contributed by atoms with Crippen LogP contribution in [-0.4, -0.2) is 22.3 Å². The highest BCUT2D eigenvalue weighted by molar-refractivity contribution is 8.14. The Balaban J connectivity index is 1.61. The fourth-order valence-corrected chi connectivity index (χ4v) is 3.90. The summed E-state index contributed by atoms with van der Waals surface area (Å²) in [6.45, 7) is 1.56. The third-order valence-corrected chi connectivity index (χ3v) is 5.62. The van der Waals surface area contributed by atoms with Gasteiger partial charge in [-0.1, -0.05) is 30.4 Å². The van der Waals surface area contributed by atoms with E-state index in [2.05, 4.69) is 45.7 Å². The van der Waals surface area contributed by atoms with Crippen LogP contribution >= 0.6 is 11.8 Å². The molecule has 1 aliphatic carbocycles. The van der Waals surface area contributed by atoms with Crippen molar-refractivity contribution >= 4 is 40.1 Å². The van der Waals surface area contributed by atoms with Gasteiger partial charge >= 0.3 is 0 Å². The van der Waals surface area contributed by atoms with Crippen molar-refractivity contribution in [2.24, 2.45) is 15.4 Å². The summed E-state index contributed by atoms with van der Waals surface area (Å²) in [6.07, 6.45) is 5.76. The van der Waals surface area contributed by atoms with Gasteiger partial charge in [0.25, 0.3) is 0 Å². The molecule has 0 radical (unpaired) electrons. The number of Topliss-reactive ketones (excluding diaryl/α,β-unsaturated/α-hetero) is 1. The first-order chi connectivity index (χ1) is 13.1. The quantitative estimate of drug-likeness (QED) is 0.679. The Hall–Kier alpha value is -2.86. The summed E-state index contributed by atoms with van der Waals surface area (Å²) in [5.74, 6) is 0.503. The number of fused-ring (bicyclic) bond motifs is 1. The molecule has 0 bridgehead atoms. The van der Waals surface area contributed by atoms with Crippen LogP contribution in [0.5, 0.6) is 0 Å². The molecular formula is C21H17N3O2S. The minimum Gasteiger partial charge on any atom is -0.299 e. The van der Waals surface area contributed by atoms with Crippen molar-refractivity contribution in [3.63, 3.8) is 0 Å². The van der Waals surface area contributed by atoms with Crippen LogP contribution in [0.2, 0.25) is 0 Å². The van der Waals surface area contributed by atoms with Gasteiger partial charge in [-0.3, -0.25) is 4.79 Å². The second-order valence-electron chi connectivity index (χ2n) is 6.59. The highest BCUT2D eigenvalue weighted by Crippen LogP contribution is 2.31. The number of allylic oxidation sites excluding steroid dienone is 1. The van der Waals surface area contributed by atoms with Gasteiger partial charge in [0.05, 0.1) is 11.5 Å². The highest BCUT2D eigenvalue weighted by atomic mass is 32.2. The molecule has 6 heteroatoms. The van der Waals surface area contributed by atoms with Crippen LogP contribution in [0.3, 0.4) is 0 Å². The highest BCUT2D eigenvalue weighted by Gasteiger charge is 2.18. The van der Waals surface area contributed by atoms with Gasteiger partial charge < -0.3 is 0 Å². The second-order valence-corrected chi connectivity index (χ2v) is 7.64. The predicted octanol–water partition coefficient (Wildman–Crippen LogP) is 5.15. The van der Waals surface area contributed by atoms with E-state index in [1.165, 1.54) is 22.9 Å². The number of rotatable bonds is 5. The van der Waals surface area contributed by atoms with E-state index in [1.807, 2.05) is 6.07 Å². The molecule has 0 fully saturated rings. The van der Waals surface area contributed by atoms with Crippen LogP contribution < -0.4 is 0 Å². The van der Waals surface area contributed by atoms with Crippen LogP contribution in [0.25, 0.3) is 17.2 Å². The number of carbonyl (C=O) groups excluding carboxylic acids is 1. The molecule has 0 amide bonds. The van der Waals surface area contributed by atoms with E-state index in [1.54, 1.807) is 19.1 Å². The molecule has 0 saturated carbocycles. The maximum atomic E-state index is 11.2. The van der Waals surface area contributed by atoms with Gasteiger partial charge in [0.2, 0.25) is 0 Å². The van der Waals surface area contributed by atoms with E-state index in [-0.39, 0.29) is 5.78 Å². The Morgan fingerprint density at radius 3 is 2.78 bits per heavy atom. The molecule has 134 valence electrons. The zero-order valence-corrected chi connectivity index (χ0v) is 15.6. The van der Waals surface area contributed by atoms with Crippen LogP contribution in [0.4, 0.5) is 5.69 Å². The maximum Gasteiger partial charge on any atom is 0.140 e. The summed E-state index contributed by atoms with van der Waals surface area (Å²) >= 11 is 1.41. The largest absolute Gasteiger partial charge is 0.299 e. The van der Waals surface area contributed by atoms with Crippen molar-refractivity contribution in [3.05, 3.63) is 64.1 Å². The van der Waals surface area contributed by atoms with Gasteiger partial charge in [-0.2, -0.15) is 5.10 Å². The Morgan fingerprint density at radius 1 is 1.11 bits per heavy atom. The van der Waals surface area contributed by atoms with Crippen molar-refractivity contribution in [1.29, 1.82) is 0 Å². The predicted molar refractivity (Wildman–Crippen MR) is 112 cm³/mol. The molecule has 4 rings (SSSR count). The van der Waals surface area contributed by atoms with E-state index in [4.69, 9.17) is 0 Å². The van der Waals surface area contributed by atoms with Crippen molar-refractivity contribution in [1.82, 2.24) is 0 Å². The van der Waals surface area contributed by atoms with Crippen LogP contribution in [0.1, 0.15) is 30.0 Å². The summed E-state index contributed by atoms with van der Waals surface area (Å²) in [5.41, 5.74) is 6.50. The molecule has 2 aliphatic rings. The van der Waals surface area contributed by atoms with E-state index >= 15 is 0 Å². The van der Waals surface area contributed by atoms with Crippen molar-refractivity contribution < 1.29 is 4.79 Å². The van der Waals surface area contributed by atoms with Gasteiger partial charge in [-0.15, -0.1) is 21.8 Å². The number of carbonyl (C=O) groups is 1. The van der Waals surface area contributed by atoms with Crippen LogP contribution in [0, 0.1) is 4.91 Å². The molecule has 0 N–H and O–H groups in total. The Labute approximate surface area is 161 Å². The third kappa shape index (κ3) is 3.80. The lowest BCUT2D eigenvalue weighted by Gasteiger charge is -2.09. The van der Waals surface area contributed by atoms with Crippen molar-refractivity contribution in [3.8, 4) is 11.1 Å². The Morgan fingerprint density at radius 2 is 1.96 bits per heavy atom. The molecule has 2 aromatic rings. The van der Waals surface area contributed by atoms with Gasteiger partial charge in [-0.25, -0.2) is 0 Å². The van der Waals surface area contributed by atoms with Crippen LogP contribution in [-0.2, 0) is 11.2 Å². The van der Waals surface area contributed by atoms with E-state index < -0.39 is 0 Å². The fraction of sp³-hybridized carbons (Fsp3) is 0.190. The summed E-state index contributed by atoms with van der Waals surface area (Å²) in [4.78, 5) is 22.4. The molecule has 0 unspecified atom stereocenters. The average molecular weight is 375 g/mol. The normalized spacial score (nSPS) is 14.7. The Kier molecular flexibility index (Phi) is 4.81. The zero-order chi connectivity index (χ0) is 18.8. The molecule has 27 heavy (non-hydrogen) atoms. The van der Waals surface area contributed by atoms with Crippen molar-refractivity contribution in [2.75, 3.05) is 5.75 Å². The molecule has 0 spiro atoms. The Bertz CT molecular complexity index is 1040. The minimum absolute atomic E-state index is 0.108. The summed E-state index contributed by atoms with van der Waals surface area (Å²) in [5, 5.41) is 12.4. The van der Waals surface area contributed by atoms with Gasteiger partial charge in [-0.05, 0) is 59.0 Å². The minimum atomic E-state index is 0.108. The van der Waals surface area contributed by atoms with E-state index in [9.17, 15) is 9.70 Å². The SMILES string of the molecule is CC(=O)CSC1=NN=C(c2cc(N=O)cc(-c3ccc4c(c3)CC=C4)c2)C1. The molecule has 1 heterocycles. The number of nitroso groups, excluding NO2 is 1. The molecule has 0 atom stereocenters. The first-order valence-corrected chi connectivity index (χ1v) is 9.65. The van der Waals surface area contributed by atoms with E-state index in [0.29, 0.717) is 17.9 Å². The summed E-state index contributed by atoms with van der Waals surface area (Å²) in [7, 11) is 0. The van der Waals surface area contributed by atoms with E-state index in [0.717, 1.165) is 33.9 Å². The number of nitrogens with zero attached hydrogens (tertiary/aromatic N) is 3.